The molecule has 0 heterocycles. The van der Waals surface area contributed by atoms with Gasteiger partial charge in [-0.3, -0.25) is 4.79 Å². The Labute approximate surface area is 217 Å². The second-order valence-corrected chi connectivity index (χ2v) is 8.23. The van der Waals surface area contributed by atoms with Crippen molar-refractivity contribution >= 4 is 34.0 Å². The molecule has 3 aromatic rings. The quantitative estimate of drug-likeness (QED) is 0.176. The van der Waals surface area contributed by atoms with Gasteiger partial charge in [-0.05, 0) is 82.5 Å². The maximum Gasteiger partial charge on any atom is 0.335 e. The lowest BCUT2D eigenvalue weighted by atomic mass is 10.1. The summed E-state index contributed by atoms with van der Waals surface area (Å²) in [6, 6.07) is 16.8. The number of carbonyl (C=O) groups excluding carboxylic acids is 1. The Hall–Kier alpha value is -4.11. The summed E-state index contributed by atoms with van der Waals surface area (Å²) in [6.07, 6.45) is 3.14. The van der Waals surface area contributed by atoms with Crippen LogP contribution < -0.4 is 19.6 Å². The molecule has 0 saturated carbocycles. The molecule has 0 aliphatic heterocycles. The number of carboxylic acids is 1. The molecule has 0 unspecified atom stereocenters. The van der Waals surface area contributed by atoms with Crippen molar-refractivity contribution in [2.45, 2.75) is 13.5 Å². The first-order valence-corrected chi connectivity index (χ1v) is 11.8. The lowest BCUT2D eigenvalue weighted by Gasteiger charge is -2.12. The van der Waals surface area contributed by atoms with Crippen molar-refractivity contribution in [3.63, 3.8) is 0 Å². The van der Waals surface area contributed by atoms with Gasteiger partial charge in [0, 0.05) is 5.56 Å². The third-order valence-electron chi connectivity index (χ3n) is 4.79. The number of aromatic carboxylic acids is 1. The monoisotopic (exact) mass is 552 g/mol. The Morgan fingerprint density at radius 3 is 2.36 bits per heavy atom. The Morgan fingerprint density at radius 1 is 0.972 bits per heavy atom. The molecule has 0 saturated heterocycles. The number of hydrazone groups is 1. The van der Waals surface area contributed by atoms with Gasteiger partial charge < -0.3 is 19.3 Å². The molecule has 3 aromatic carbocycles. The molecule has 0 fully saturated rings. The SMILES string of the molecule is C=CCOc1ccc(C(=O)N/N=C/c2ccc(OCc3ccc(C(=O)O)cc3)c(Br)c2)cc1OCC. The van der Waals surface area contributed by atoms with Crippen LogP contribution in [-0.2, 0) is 6.61 Å². The van der Waals surface area contributed by atoms with Gasteiger partial charge in [-0.25, -0.2) is 10.2 Å². The molecule has 0 aromatic heterocycles. The Kier molecular flexibility index (Phi) is 9.64. The maximum absolute atomic E-state index is 12.5. The van der Waals surface area contributed by atoms with Gasteiger partial charge in [0.2, 0.25) is 0 Å². The molecule has 0 spiro atoms. The summed E-state index contributed by atoms with van der Waals surface area (Å²) in [7, 11) is 0. The molecule has 0 aliphatic carbocycles. The van der Waals surface area contributed by atoms with Crippen LogP contribution in [0.3, 0.4) is 0 Å². The fourth-order valence-electron chi connectivity index (χ4n) is 3.03. The van der Waals surface area contributed by atoms with Crippen LogP contribution in [0.1, 0.15) is 38.8 Å². The van der Waals surface area contributed by atoms with Gasteiger partial charge in [-0.2, -0.15) is 5.10 Å². The number of carbonyl (C=O) groups is 2. The highest BCUT2D eigenvalue weighted by atomic mass is 79.9. The fraction of sp³-hybridized carbons (Fsp3) is 0.148. The van der Waals surface area contributed by atoms with E-state index in [1.807, 2.05) is 6.92 Å². The zero-order valence-corrected chi connectivity index (χ0v) is 21.2. The molecular weight excluding hydrogens is 528 g/mol. The van der Waals surface area contributed by atoms with Crippen molar-refractivity contribution in [3.8, 4) is 17.2 Å². The van der Waals surface area contributed by atoms with E-state index in [4.69, 9.17) is 19.3 Å². The van der Waals surface area contributed by atoms with Gasteiger partial charge in [0.1, 0.15) is 19.0 Å². The Balaban J connectivity index is 1.58. The molecule has 1 amide bonds. The molecule has 0 aliphatic rings. The van der Waals surface area contributed by atoms with E-state index in [-0.39, 0.29) is 12.2 Å². The topological polar surface area (TPSA) is 106 Å². The predicted molar refractivity (Wildman–Crippen MR) is 140 cm³/mol. The lowest BCUT2D eigenvalue weighted by molar-refractivity contribution is 0.0696. The number of hydrogen-bond donors (Lipinski definition) is 2. The molecule has 186 valence electrons. The normalized spacial score (nSPS) is 10.6. The molecular formula is C27H25BrN2O6. The highest BCUT2D eigenvalue weighted by molar-refractivity contribution is 9.10. The van der Waals surface area contributed by atoms with E-state index < -0.39 is 11.9 Å². The summed E-state index contributed by atoms with van der Waals surface area (Å²) in [5.41, 5.74) is 4.68. The number of carboxylic acid groups (broad SMARTS) is 1. The number of benzene rings is 3. The number of rotatable bonds is 12. The average molecular weight is 553 g/mol. The molecule has 8 nitrogen and oxygen atoms in total. The third-order valence-corrected chi connectivity index (χ3v) is 5.41. The summed E-state index contributed by atoms with van der Waals surface area (Å²) in [6.45, 7) is 6.51. The van der Waals surface area contributed by atoms with Crippen LogP contribution in [0.2, 0.25) is 0 Å². The highest BCUT2D eigenvalue weighted by Crippen LogP contribution is 2.29. The summed E-state index contributed by atoms with van der Waals surface area (Å²) in [5, 5.41) is 13.0. The molecule has 0 atom stereocenters. The first kappa shape index (κ1) is 26.5. The Morgan fingerprint density at radius 2 is 1.69 bits per heavy atom. The third kappa shape index (κ3) is 7.44. The second-order valence-electron chi connectivity index (χ2n) is 7.37. The zero-order valence-electron chi connectivity index (χ0n) is 19.6. The maximum atomic E-state index is 12.5. The van der Waals surface area contributed by atoms with Crippen LogP contribution >= 0.6 is 15.9 Å². The van der Waals surface area contributed by atoms with Crippen molar-refractivity contribution in [1.82, 2.24) is 5.43 Å². The summed E-state index contributed by atoms with van der Waals surface area (Å²) in [4.78, 5) is 23.5. The van der Waals surface area contributed by atoms with Crippen molar-refractivity contribution in [2.75, 3.05) is 13.2 Å². The highest BCUT2D eigenvalue weighted by Gasteiger charge is 2.11. The summed E-state index contributed by atoms with van der Waals surface area (Å²) in [5.74, 6) is 0.242. The fourth-order valence-corrected chi connectivity index (χ4v) is 3.55. The van der Waals surface area contributed by atoms with Gasteiger partial charge in [0.25, 0.3) is 5.91 Å². The van der Waals surface area contributed by atoms with E-state index in [0.717, 1.165) is 11.1 Å². The van der Waals surface area contributed by atoms with Crippen LogP contribution in [0.4, 0.5) is 0 Å². The molecule has 9 heteroatoms. The van der Waals surface area contributed by atoms with Crippen LogP contribution in [-0.4, -0.2) is 36.4 Å². The van der Waals surface area contributed by atoms with E-state index >= 15 is 0 Å². The van der Waals surface area contributed by atoms with Crippen molar-refractivity contribution in [3.05, 3.63) is 100 Å². The van der Waals surface area contributed by atoms with Gasteiger partial charge in [-0.15, -0.1) is 0 Å². The van der Waals surface area contributed by atoms with Gasteiger partial charge in [0.15, 0.2) is 11.5 Å². The zero-order chi connectivity index (χ0) is 25.9. The molecule has 2 N–H and O–H groups in total. The number of amides is 1. The van der Waals surface area contributed by atoms with Gasteiger partial charge >= 0.3 is 5.97 Å². The molecule has 3 rings (SSSR count). The van der Waals surface area contributed by atoms with E-state index in [2.05, 4.69) is 33.0 Å². The number of hydrogen-bond acceptors (Lipinski definition) is 6. The largest absolute Gasteiger partial charge is 0.490 e. The van der Waals surface area contributed by atoms with E-state index in [1.165, 1.54) is 18.3 Å². The molecule has 0 bridgehead atoms. The van der Waals surface area contributed by atoms with Crippen molar-refractivity contribution in [1.29, 1.82) is 0 Å². The molecule has 0 radical (unpaired) electrons. The van der Waals surface area contributed by atoms with Crippen molar-refractivity contribution < 1.29 is 28.9 Å². The number of halogens is 1. The smallest absolute Gasteiger partial charge is 0.335 e. The second kappa shape index (κ2) is 13.1. The minimum atomic E-state index is -0.972. The predicted octanol–water partition coefficient (Wildman–Crippen LogP) is 5.45. The van der Waals surface area contributed by atoms with Crippen LogP contribution in [0.15, 0.2) is 82.9 Å². The minimum Gasteiger partial charge on any atom is -0.490 e. The number of nitrogens with one attached hydrogen (secondary N) is 1. The van der Waals surface area contributed by atoms with E-state index in [1.54, 1.807) is 54.6 Å². The first-order valence-electron chi connectivity index (χ1n) is 11.0. The first-order chi connectivity index (χ1) is 17.4. The van der Waals surface area contributed by atoms with Crippen LogP contribution in [0, 0.1) is 0 Å². The van der Waals surface area contributed by atoms with Crippen LogP contribution in [0.25, 0.3) is 0 Å². The van der Waals surface area contributed by atoms with E-state index in [9.17, 15) is 9.59 Å². The Bertz CT molecular complexity index is 1260. The number of ether oxygens (including phenoxy) is 3. The average Bonchev–Trinajstić information content (AvgIpc) is 2.87. The van der Waals surface area contributed by atoms with Gasteiger partial charge in [-0.1, -0.05) is 24.8 Å². The minimum absolute atomic E-state index is 0.222. The molecule has 36 heavy (non-hydrogen) atoms. The lowest BCUT2D eigenvalue weighted by Crippen LogP contribution is -2.17. The summed E-state index contributed by atoms with van der Waals surface area (Å²) >= 11 is 3.47. The van der Waals surface area contributed by atoms with Crippen molar-refractivity contribution in [2.24, 2.45) is 5.10 Å². The standard InChI is InChI=1S/C27H25BrN2O6/c1-3-13-35-24-12-10-21(15-25(24)34-4-2)26(31)30-29-16-19-7-11-23(22(28)14-19)36-17-18-5-8-20(9-6-18)27(32)33/h3,5-12,14-16H,1,4,13,17H2,2H3,(H,30,31)(H,32,33)/b29-16+. The summed E-state index contributed by atoms with van der Waals surface area (Å²) < 4.78 is 17.6. The number of nitrogens with zero attached hydrogens (tertiary/aromatic N) is 1. The van der Waals surface area contributed by atoms with Gasteiger partial charge in [0.05, 0.1) is 22.9 Å². The van der Waals surface area contributed by atoms with E-state index in [0.29, 0.717) is 40.5 Å². The van der Waals surface area contributed by atoms with Crippen LogP contribution in [0.5, 0.6) is 17.2 Å².